The summed E-state index contributed by atoms with van der Waals surface area (Å²) in [4.78, 5) is 22.3. The molecular weight excluding hydrogens is 274 g/mol. The minimum atomic E-state index is -0.375. The molecule has 0 unspecified atom stereocenters. The lowest BCUT2D eigenvalue weighted by atomic mass is 10.2. The van der Waals surface area contributed by atoms with Gasteiger partial charge in [-0.3, -0.25) is 0 Å². The molecule has 1 rings (SSSR count). The lowest BCUT2D eigenvalue weighted by molar-refractivity contribution is -0.117. The molecule has 0 aliphatic heterocycles. The van der Waals surface area contributed by atoms with E-state index in [4.69, 9.17) is 0 Å². The Kier molecular flexibility index (Phi) is 4.73. The molecule has 0 radical (unpaired) electrons. The Labute approximate surface area is 103 Å². The Balaban J connectivity index is 2.73. The third-order valence-electron chi connectivity index (χ3n) is 2.22. The normalized spacial score (nSPS) is 10.2. The topological polar surface area (TPSA) is 48.3 Å². The zero-order chi connectivity index (χ0) is 12.1. The third kappa shape index (κ3) is 3.20. The Morgan fingerprint density at radius 1 is 1.50 bits per heavy atom. The van der Waals surface area contributed by atoms with E-state index < -0.39 is 0 Å². The fourth-order valence-electron chi connectivity index (χ4n) is 1.44. The van der Waals surface area contributed by atoms with Gasteiger partial charge in [0.15, 0.2) is 0 Å². The maximum atomic E-state index is 11.5. The molecule has 0 aliphatic rings. The SMILES string of the molecule is COC(=O)c1c(Br)ccn1CCCC(C)=O. The van der Waals surface area contributed by atoms with Crippen LogP contribution in [0.25, 0.3) is 0 Å². The van der Waals surface area contributed by atoms with E-state index in [0.717, 1.165) is 6.42 Å². The van der Waals surface area contributed by atoms with Crippen LogP contribution in [0.15, 0.2) is 16.7 Å². The largest absolute Gasteiger partial charge is 0.464 e. The molecule has 0 aliphatic carbocycles. The van der Waals surface area contributed by atoms with Crippen molar-refractivity contribution in [2.75, 3.05) is 7.11 Å². The van der Waals surface area contributed by atoms with Crippen LogP contribution in [0.1, 0.15) is 30.3 Å². The van der Waals surface area contributed by atoms with E-state index in [1.165, 1.54) is 7.11 Å². The summed E-state index contributed by atoms with van der Waals surface area (Å²) < 4.78 is 7.19. The van der Waals surface area contributed by atoms with Crippen molar-refractivity contribution >= 4 is 27.7 Å². The molecule has 88 valence electrons. The lowest BCUT2D eigenvalue weighted by Gasteiger charge is -2.07. The van der Waals surface area contributed by atoms with Gasteiger partial charge in [0.25, 0.3) is 0 Å². The number of Topliss-reactive ketones (excluding diaryl/α,β-unsaturated/α-hetero) is 1. The van der Waals surface area contributed by atoms with Crippen LogP contribution in [0.3, 0.4) is 0 Å². The van der Waals surface area contributed by atoms with E-state index in [0.29, 0.717) is 23.1 Å². The summed E-state index contributed by atoms with van der Waals surface area (Å²) in [5.41, 5.74) is 0.492. The van der Waals surface area contributed by atoms with Gasteiger partial charge < -0.3 is 14.1 Å². The molecule has 0 atom stereocenters. The van der Waals surface area contributed by atoms with E-state index in [1.807, 2.05) is 0 Å². The first-order valence-electron chi connectivity index (χ1n) is 4.98. The van der Waals surface area contributed by atoms with Crippen molar-refractivity contribution in [3.8, 4) is 0 Å². The number of ether oxygens (including phenoxy) is 1. The number of carbonyl (C=O) groups is 2. The minimum Gasteiger partial charge on any atom is -0.464 e. The summed E-state index contributed by atoms with van der Waals surface area (Å²) in [6.07, 6.45) is 3.05. The molecule has 4 nitrogen and oxygen atoms in total. The molecule has 1 aromatic rings. The third-order valence-corrected chi connectivity index (χ3v) is 2.86. The van der Waals surface area contributed by atoms with Crippen molar-refractivity contribution in [1.82, 2.24) is 4.57 Å². The number of methoxy groups -OCH3 is 1. The first-order valence-corrected chi connectivity index (χ1v) is 5.78. The number of carbonyl (C=O) groups excluding carboxylic acids is 2. The Morgan fingerprint density at radius 3 is 2.75 bits per heavy atom. The van der Waals surface area contributed by atoms with Crippen LogP contribution < -0.4 is 0 Å². The number of hydrogen-bond acceptors (Lipinski definition) is 3. The number of aromatic nitrogens is 1. The van der Waals surface area contributed by atoms with Gasteiger partial charge in [-0.2, -0.15) is 0 Å². The summed E-state index contributed by atoms with van der Waals surface area (Å²) in [6, 6.07) is 1.79. The smallest absolute Gasteiger partial charge is 0.355 e. The second-order valence-electron chi connectivity index (χ2n) is 3.50. The molecule has 0 N–H and O–H groups in total. The summed E-state index contributed by atoms with van der Waals surface area (Å²) >= 11 is 3.29. The molecule has 0 saturated heterocycles. The van der Waals surface area contributed by atoms with Crippen molar-refractivity contribution < 1.29 is 14.3 Å². The number of ketones is 1. The maximum Gasteiger partial charge on any atom is 0.355 e. The summed E-state index contributed by atoms with van der Waals surface area (Å²) in [5.74, 6) is -0.217. The number of esters is 1. The monoisotopic (exact) mass is 287 g/mol. The van der Waals surface area contributed by atoms with Crippen LogP contribution in [0, 0.1) is 0 Å². The summed E-state index contributed by atoms with van der Waals surface area (Å²) in [7, 11) is 1.35. The van der Waals surface area contributed by atoms with Gasteiger partial charge in [0.05, 0.1) is 11.6 Å². The quantitative estimate of drug-likeness (QED) is 0.782. The Hall–Kier alpha value is -1.10. The number of hydrogen-bond donors (Lipinski definition) is 0. The highest BCUT2D eigenvalue weighted by atomic mass is 79.9. The van der Waals surface area contributed by atoms with Crippen molar-refractivity contribution in [3.05, 3.63) is 22.4 Å². The zero-order valence-corrected chi connectivity index (χ0v) is 10.9. The summed E-state index contributed by atoms with van der Waals surface area (Å²) in [6.45, 7) is 2.20. The molecule has 0 amide bonds. The second kappa shape index (κ2) is 5.84. The van der Waals surface area contributed by atoms with Crippen molar-refractivity contribution in [1.29, 1.82) is 0 Å². The van der Waals surface area contributed by atoms with Crippen molar-refractivity contribution in [2.24, 2.45) is 0 Å². The first-order chi connectivity index (χ1) is 7.56. The van der Waals surface area contributed by atoms with Gasteiger partial charge in [0, 0.05) is 19.2 Å². The van der Waals surface area contributed by atoms with Crippen LogP contribution in [-0.4, -0.2) is 23.4 Å². The van der Waals surface area contributed by atoms with E-state index in [9.17, 15) is 9.59 Å². The standard InChI is InChI=1S/C11H14BrNO3/c1-8(14)4-3-6-13-7-5-9(12)10(13)11(15)16-2/h5,7H,3-4,6H2,1-2H3. The van der Waals surface area contributed by atoms with Gasteiger partial charge in [0.1, 0.15) is 11.5 Å². The van der Waals surface area contributed by atoms with Gasteiger partial charge in [-0.05, 0) is 35.3 Å². The molecule has 0 spiro atoms. The molecular formula is C11H14BrNO3. The van der Waals surface area contributed by atoms with Crippen LogP contribution in [-0.2, 0) is 16.1 Å². The van der Waals surface area contributed by atoms with Crippen LogP contribution in [0.4, 0.5) is 0 Å². The minimum absolute atomic E-state index is 0.158. The number of halogens is 1. The van der Waals surface area contributed by atoms with Crippen molar-refractivity contribution in [3.63, 3.8) is 0 Å². The van der Waals surface area contributed by atoms with Crippen LogP contribution in [0.2, 0.25) is 0 Å². The highest BCUT2D eigenvalue weighted by molar-refractivity contribution is 9.10. The van der Waals surface area contributed by atoms with Gasteiger partial charge in [-0.15, -0.1) is 0 Å². The highest BCUT2D eigenvalue weighted by Gasteiger charge is 2.15. The summed E-state index contributed by atoms with van der Waals surface area (Å²) in [5, 5.41) is 0. The molecule has 5 heteroatoms. The number of rotatable bonds is 5. The molecule has 0 saturated carbocycles. The van der Waals surface area contributed by atoms with Gasteiger partial charge >= 0.3 is 5.97 Å². The average molecular weight is 288 g/mol. The Bertz CT molecular complexity index is 398. The number of nitrogens with zero attached hydrogens (tertiary/aromatic N) is 1. The van der Waals surface area contributed by atoms with E-state index in [1.54, 1.807) is 23.8 Å². The molecule has 0 bridgehead atoms. The molecule has 0 fully saturated rings. The lowest BCUT2D eigenvalue weighted by Crippen LogP contribution is -2.11. The fraction of sp³-hybridized carbons (Fsp3) is 0.455. The average Bonchev–Trinajstić information content (AvgIpc) is 2.58. The molecule has 1 aromatic heterocycles. The zero-order valence-electron chi connectivity index (χ0n) is 9.33. The predicted octanol–water partition coefficient (Wildman–Crippen LogP) is 2.41. The predicted molar refractivity (Wildman–Crippen MR) is 63.4 cm³/mol. The van der Waals surface area contributed by atoms with Crippen LogP contribution >= 0.6 is 15.9 Å². The first kappa shape index (κ1) is 13.0. The van der Waals surface area contributed by atoms with Gasteiger partial charge in [0.2, 0.25) is 0 Å². The van der Waals surface area contributed by atoms with Gasteiger partial charge in [-0.25, -0.2) is 4.79 Å². The van der Waals surface area contributed by atoms with Crippen LogP contribution in [0.5, 0.6) is 0 Å². The molecule has 16 heavy (non-hydrogen) atoms. The molecule has 1 heterocycles. The van der Waals surface area contributed by atoms with Gasteiger partial charge in [-0.1, -0.05) is 0 Å². The van der Waals surface area contributed by atoms with E-state index in [2.05, 4.69) is 20.7 Å². The fourth-order valence-corrected chi connectivity index (χ4v) is 1.95. The molecule has 0 aromatic carbocycles. The second-order valence-corrected chi connectivity index (χ2v) is 4.36. The van der Waals surface area contributed by atoms with E-state index >= 15 is 0 Å². The Morgan fingerprint density at radius 2 is 2.19 bits per heavy atom. The number of aryl methyl sites for hydroxylation is 1. The van der Waals surface area contributed by atoms with E-state index in [-0.39, 0.29) is 11.8 Å². The van der Waals surface area contributed by atoms with Crippen molar-refractivity contribution in [2.45, 2.75) is 26.3 Å². The highest BCUT2D eigenvalue weighted by Crippen LogP contribution is 2.19. The maximum absolute atomic E-state index is 11.5.